The molecule has 0 saturated carbocycles. The molecule has 0 unspecified atom stereocenters. The lowest BCUT2D eigenvalue weighted by molar-refractivity contribution is -0.117. The standard InChI is InChI=1S/C23H26FN5O2/c1-16-5-3-6-18(13-16)23-27-26-22(31-23)17(2)29-11-9-28(10-12-29)15-21(30)25-20-8-4-7-19(24)14-20/h3-8,13-14,17H,9-12,15H2,1-2H3,(H,25,30)/t17-/m1/s1. The molecule has 0 spiro atoms. The summed E-state index contributed by atoms with van der Waals surface area (Å²) in [5, 5.41) is 11.2. The second kappa shape index (κ2) is 9.36. The molecule has 1 saturated heterocycles. The first-order valence-corrected chi connectivity index (χ1v) is 10.4. The Morgan fingerprint density at radius 2 is 1.90 bits per heavy atom. The van der Waals surface area contributed by atoms with E-state index in [-0.39, 0.29) is 24.3 Å². The third-order valence-corrected chi connectivity index (χ3v) is 5.49. The fraction of sp³-hybridized carbons (Fsp3) is 0.348. The van der Waals surface area contributed by atoms with Crippen LogP contribution in [0.3, 0.4) is 0 Å². The van der Waals surface area contributed by atoms with Crippen molar-refractivity contribution in [2.45, 2.75) is 19.9 Å². The molecule has 1 fully saturated rings. The Kier molecular flexibility index (Phi) is 6.39. The van der Waals surface area contributed by atoms with Crippen LogP contribution in [0.1, 0.15) is 24.4 Å². The van der Waals surface area contributed by atoms with Gasteiger partial charge in [-0.25, -0.2) is 4.39 Å². The van der Waals surface area contributed by atoms with Crippen molar-refractivity contribution in [1.82, 2.24) is 20.0 Å². The number of carbonyl (C=O) groups is 1. The lowest BCUT2D eigenvalue weighted by Crippen LogP contribution is -2.49. The van der Waals surface area contributed by atoms with Gasteiger partial charge in [0.1, 0.15) is 5.82 Å². The van der Waals surface area contributed by atoms with Gasteiger partial charge in [-0.2, -0.15) is 0 Å². The highest BCUT2D eigenvalue weighted by Gasteiger charge is 2.26. The van der Waals surface area contributed by atoms with Gasteiger partial charge in [-0.1, -0.05) is 23.8 Å². The number of carbonyl (C=O) groups excluding carboxylic acids is 1. The summed E-state index contributed by atoms with van der Waals surface area (Å²) in [7, 11) is 0. The van der Waals surface area contributed by atoms with E-state index in [1.165, 1.54) is 12.1 Å². The van der Waals surface area contributed by atoms with Crippen molar-refractivity contribution in [3.05, 3.63) is 65.8 Å². The first-order chi connectivity index (χ1) is 15.0. The summed E-state index contributed by atoms with van der Waals surface area (Å²) in [6, 6.07) is 13.9. The van der Waals surface area contributed by atoms with Crippen LogP contribution in [0.25, 0.3) is 11.5 Å². The zero-order valence-corrected chi connectivity index (χ0v) is 17.7. The van der Waals surface area contributed by atoms with E-state index < -0.39 is 0 Å². The van der Waals surface area contributed by atoms with Crippen LogP contribution < -0.4 is 5.32 Å². The van der Waals surface area contributed by atoms with Gasteiger partial charge in [-0.05, 0) is 44.2 Å². The predicted molar refractivity (Wildman–Crippen MR) is 116 cm³/mol. The number of amides is 1. The average Bonchev–Trinajstić information content (AvgIpc) is 3.24. The minimum Gasteiger partial charge on any atom is -0.419 e. The van der Waals surface area contributed by atoms with E-state index in [1.54, 1.807) is 12.1 Å². The Labute approximate surface area is 180 Å². The van der Waals surface area contributed by atoms with E-state index in [0.29, 0.717) is 17.5 Å². The molecule has 1 N–H and O–H groups in total. The Morgan fingerprint density at radius 3 is 2.65 bits per heavy atom. The fourth-order valence-corrected chi connectivity index (χ4v) is 3.73. The summed E-state index contributed by atoms with van der Waals surface area (Å²) in [4.78, 5) is 16.6. The number of aromatic nitrogens is 2. The lowest BCUT2D eigenvalue weighted by atomic mass is 10.1. The minimum atomic E-state index is -0.369. The molecule has 4 rings (SSSR count). The van der Waals surface area contributed by atoms with Crippen molar-refractivity contribution >= 4 is 11.6 Å². The number of rotatable bonds is 6. The van der Waals surface area contributed by atoms with Crippen LogP contribution in [-0.4, -0.2) is 58.6 Å². The lowest BCUT2D eigenvalue weighted by Gasteiger charge is -2.36. The fourth-order valence-electron chi connectivity index (χ4n) is 3.73. The smallest absolute Gasteiger partial charge is 0.247 e. The normalized spacial score (nSPS) is 16.2. The van der Waals surface area contributed by atoms with E-state index in [2.05, 4.69) is 32.2 Å². The SMILES string of the molecule is Cc1cccc(-c2nnc([C@@H](C)N3CCN(CC(=O)Nc4cccc(F)c4)CC3)o2)c1. The number of piperazine rings is 1. The summed E-state index contributed by atoms with van der Waals surface area (Å²) in [5.74, 6) is 0.603. The molecule has 2 aromatic carbocycles. The van der Waals surface area contributed by atoms with Crippen molar-refractivity contribution in [2.75, 3.05) is 38.0 Å². The molecule has 31 heavy (non-hydrogen) atoms. The van der Waals surface area contributed by atoms with Gasteiger partial charge < -0.3 is 9.73 Å². The number of hydrogen-bond acceptors (Lipinski definition) is 6. The van der Waals surface area contributed by atoms with Crippen LogP contribution >= 0.6 is 0 Å². The van der Waals surface area contributed by atoms with Crippen molar-refractivity contribution in [2.24, 2.45) is 0 Å². The molecule has 8 heteroatoms. The molecule has 3 aromatic rings. The maximum Gasteiger partial charge on any atom is 0.247 e. The van der Waals surface area contributed by atoms with Gasteiger partial charge in [0.05, 0.1) is 12.6 Å². The summed E-state index contributed by atoms with van der Waals surface area (Å²) >= 11 is 0. The second-order valence-electron chi connectivity index (χ2n) is 7.86. The second-order valence-corrected chi connectivity index (χ2v) is 7.86. The number of anilines is 1. The number of aryl methyl sites for hydroxylation is 1. The molecule has 1 aliphatic rings. The van der Waals surface area contributed by atoms with Gasteiger partial charge in [0.15, 0.2) is 0 Å². The van der Waals surface area contributed by atoms with Crippen LogP contribution in [0.4, 0.5) is 10.1 Å². The van der Waals surface area contributed by atoms with Crippen molar-refractivity contribution in [3.8, 4) is 11.5 Å². The topological polar surface area (TPSA) is 74.5 Å². The summed E-state index contributed by atoms with van der Waals surface area (Å²) in [6.45, 7) is 7.44. The Morgan fingerprint density at radius 1 is 1.13 bits per heavy atom. The Hall–Kier alpha value is -3.10. The zero-order chi connectivity index (χ0) is 21.8. The number of hydrogen-bond donors (Lipinski definition) is 1. The third kappa shape index (κ3) is 5.34. The maximum atomic E-state index is 13.3. The van der Waals surface area contributed by atoms with Crippen LogP contribution in [-0.2, 0) is 4.79 Å². The van der Waals surface area contributed by atoms with Crippen molar-refractivity contribution < 1.29 is 13.6 Å². The molecule has 7 nitrogen and oxygen atoms in total. The molecule has 1 aliphatic heterocycles. The number of halogens is 1. The van der Waals surface area contributed by atoms with Crippen molar-refractivity contribution in [3.63, 3.8) is 0 Å². The van der Waals surface area contributed by atoms with E-state index in [4.69, 9.17) is 4.42 Å². The van der Waals surface area contributed by atoms with Gasteiger partial charge in [-0.3, -0.25) is 14.6 Å². The molecule has 0 aliphatic carbocycles. The number of nitrogens with zero attached hydrogens (tertiary/aromatic N) is 4. The quantitative estimate of drug-likeness (QED) is 0.654. The molecular formula is C23H26FN5O2. The number of nitrogens with one attached hydrogen (secondary N) is 1. The van der Waals surface area contributed by atoms with Crippen LogP contribution in [0, 0.1) is 12.7 Å². The van der Waals surface area contributed by atoms with Gasteiger partial charge in [-0.15, -0.1) is 10.2 Å². The van der Waals surface area contributed by atoms with Gasteiger partial charge in [0.2, 0.25) is 17.7 Å². The largest absolute Gasteiger partial charge is 0.419 e. The average molecular weight is 423 g/mol. The van der Waals surface area contributed by atoms with Crippen molar-refractivity contribution in [1.29, 1.82) is 0 Å². The highest BCUT2D eigenvalue weighted by molar-refractivity contribution is 5.92. The summed E-state index contributed by atoms with van der Waals surface area (Å²) < 4.78 is 19.2. The first kappa shape index (κ1) is 21.1. The molecule has 0 bridgehead atoms. The zero-order valence-electron chi connectivity index (χ0n) is 17.7. The predicted octanol–water partition coefficient (Wildman–Crippen LogP) is 3.50. The first-order valence-electron chi connectivity index (χ1n) is 10.4. The molecule has 1 amide bonds. The molecular weight excluding hydrogens is 397 g/mol. The molecule has 0 radical (unpaired) electrons. The van der Waals surface area contributed by atoms with E-state index in [1.807, 2.05) is 31.2 Å². The van der Waals surface area contributed by atoms with Crippen LogP contribution in [0.2, 0.25) is 0 Å². The van der Waals surface area contributed by atoms with E-state index in [9.17, 15) is 9.18 Å². The minimum absolute atomic E-state index is 0.00525. The van der Waals surface area contributed by atoms with Gasteiger partial charge in [0, 0.05) is 37.4 Å². The highest BCUT2D eigenvalue weighted by Crippen LogP contribution is 2.25. The Bertz CT molecular complexity index is 1050. The molecule has 2 heterocycles. The highest BCUT2D eigenvalue weighted by atomic mass is 19.1. The third-order valence-electron chi connectivity index (χ3n) is 5.49. The van der Waals surface area contributed by atoms with Gasteiger partial charge >= 0.3 is 0 Å². The van der Waals surface area contributed by atoms with Gasteiger partial charge in [0.25, 0.3) is 0 Å². The molecule has 1 aromatic heterocycles. The van der Waals surface area contributed by atoms with Crippen LogP contribution in [0.15, 0.2) is 52.9 Å². The molecule has 1 atom stereocenters. The monoisotopic (exact) mass is 423 g/mol. The Balaban J connectivity index is 1.29. The molecule has 162 valence electrons. The van der Waals surface area contributed by atoms with Crippen LogP contribution in [0.5, 0.6) is 0 Å². The summed E-state index contributed by atoms with van der Waals surface area (Å²) in [5.41, 5.74) is 2.53. The number of benzene rings is 2. The van der Waals surface area contributed by atoms with E-state index >= 15 is 0 Å². The van der Waals surface area contributed by atoms with E-state index in [0.717, 1.165) is 37.3 Å². The maximum absolute atomic E-state index is 13.3. The summed E-state index contributed by atoms with van der Waals surface area (Å²) in [6.07, 6.45) is 0.